The molecule has 0 unspecified atom stereocenters. The molecular formula is C12H12BrNO. The van der Waals surface area contributed by atoms with Crippen molar-refractivity contribution in [2.75, 3.05) is 6.61 Å². The highest BCUT2D eigenvalue weighted by Crippen LogP contribution is 2.40. The Labute approximate surface area is 98.0 Å². The fraction of sp³-hybridized carbons (Fsp3) is 0.417. The first kappa shape index (κ1) is 10.5. The molecule has 2 rings (SSSR count). The molecule has 1 saturated carbocycles. The highest BCUT2D eigenvalue weighted by atomic mass is 79.9. The number of nitrogens with zero attached hydrogens (tertiary/aromatic N) is 1. The van der Waals surface area contributed by atoms with Crippen molar-refractivity contribution in [1.29, 1.82) is 5.26 Å². The van der Waals surface area contributed by atoms with E-state index >= 15 is 0 Å². The standard InChI is InChI=1S/C12H12BrNO/c13-10-3-1-4-11(7-10)15-9-12(8-14)5-2-6-12/h1,3-4,7H,2,5-6,9H2. The minimum Gasteiger partial charge on any atom is -0.492 e. The van der Waals surface area contributed by atoms with Gasteiger partial charge in [-0.1, -0.05) is 28.4 Å². The minimum absolute atomic E-state index is 0.220. The van der Waals surface area contributed by atoms with Crippen molar-refractivity contribution in [3.05, 3.63) is 28.7 Å². The van der Waals surface area contributed by atoms with Crippen molar-refractivity contribution < 1.29 is 4.74 Å². The normalized spacial score (nSPS) is 17.6. The summed E-state index contributed by atoms with van der Waals surface area (Å²) in [5.74, 6) is 0.825. The zero-order valence-electron chi connectivity index (χ0n) is 8.37. The highest BCUT2D eigenvalue weighted by Gasteiger charge is 2.38. The second-order valence-corrected chi connectivity index (χ2v) is 4.91. The number of benzene rings is 1. The molecule has 0 atom stereocenters. The van der Waals surface area contributed by atoms with Gasteiger partial charge in [0.15, 0.2) is 0 Å². The monoisotopic (exact) mass is 265 g/mol. The summed E-state index contributed by atoms with van der Waals surface area (Å²) in [4.78, 5) is 0. The van der Waals surface area contributed by atoms with E-state index in [9.17, 15) is 0 Å². The van der Waals surface area contributed by atoms with Gasteiger partial charge in [0.2, 0.25) is 0 Å². The summed E-state index contributed by atoms with van der Waals surface area (Å²) in [6.45, 7) is 0.514. The lowest BCUT2D eigenvalue weighted by Crippen LogP contribution is -2.34. The van der Waals surface area contributed by atoms with Crippen LogP contribution in [0.15, 0.2) is 28.7 Å². The molecule has 2 nitrogen and oxygen atoms in total. The Morgan fingerprint density at radius 3 is 2.80 bits per heavy atom. The maximum Gasteiger partial charge on any atom is 0.120 e. The summed E-state index contributed by atoms with van der Waals surface area (Å²) in [6.07, 6.45) is 3.09. The summed E-state index contributed by atoms with van der Waals surface area (Å²) < 4.78 is 6.63. The van der Waals surface area contributed by atoms with Crippen LogP contribution in [-0.4, -0.2) is 6.61 Å². The molecule has 15 heavy (non-hydrogen) atoms. The molecular weight excluding hydrogens is 254 g/mol. The molecule has 0 aliphatic heterocycles. The smallest absolute Gasteiger partial charge is 0.120 e. The van der Waals surface area contributed by atoms with Crippen molar-refractivity contribution in [2.24, 2.45) is 5.41 Å². The van der Waals surface area contributed by atoms with Crippen molar-refractivity contribution >= 4 is 15.9 Å². The van der Waals surface area contributed by atoms with E-state index in [-0.39, 0.29) is 5.41 Å². The van der Waals surface area contributed by atoms with E-state index in [1.807, 2.05) is 24.3 Å². The van der Waals surface area contributed by atoms with Gasteiger partial charge in [-0.15, -0.1) is 0 Å². The van der Waals surface area contributed by atoms with Gasteiger partial charge in [0, 0.05) is 4.47 Å². The van der Waals surface area contributed by atoms with E-state index < -0.39 is 0 Å². The summed E-state index contributed by atoms with van der Waals surface area (Å²) in [7, 11) is 0. The summed E-state index contributed by atoms with van der Waals surface area (Å²) in [5, 5.41) is 9.03. The lowest BCUT2D eigenvalue weighted by molar-refractivity contribution is 0.115. The Balaban J connectivity index is 1.96. The van der Waals surface area contributed by atoms with E-state index in [2.05, 4.69) is 22.0 Å². The number of hydrogen-bond acceptors (Lipinski definition) is 2. The van der Waals surface area contributed by atoms with Gasteiger partial charge >= 0.3 is 0 Å². The molecule has 0 amide bonds. The second kappa shape index (κ2) is 4.24. The molecule has 0 bridgehead atoms. The van der Waals surface area contributed by atoms with Crippen LogP contribution in [0.4, 0.5) is 0 Å². The van der Waals surface area contributed by atoms with Crippen LogP contribution in [0.25, 0.3) is 0 Å². The first-order chi connectivity index (χ1) is 7.24. The average Bonchev–Trinajstić information content (AvgIpc) is 2.17. The predicted octanol–water partition coefficient (Wildman–Crippen LogP) is 3.52. The average molecular weight is 266 g/mol. The number of ether oxygens (including phenoxy) is 1. The Morgan fingerprint density at radius 1 is 1.47 bits per heavy atom. The van der Waals surface area contributed by atoms with Crippen LogP contribution >= 0.6 is 15.9 Å². The van der Waals surface area contributed by atoms with Crippen LogP contribution in [0.5, 0.6) is 5.75 Å². The Morgan fingerprint density at radius 2 is 2.27 bits per heavy atom. The van der Waals surface area contributed by atoms with Crippen LogP contribution < -0.4 is 4.74 Å². The molecule has 78 valence electrons. The van der Waals surface area contributed by atoms with Gasteiger partial charge in [-0.05, 0) is 31.0 Å². The molecule has 1 aliphatic carbocycles. The first-order valence-electron chi connectivity index (χ1n) is 5.04. The summed E-state index contributed by atoms with van der Waals surface area (Å²) >= 11 is 3.39. The lowest BCUT2D eigenvalue weighted by Gasteiger charge is -2.34. The number of halogens is 1. The molecule has 1 aromatic carbocycles. The minimum atomic E-state index is -0.220. The third-order valence-corrected chi connectivity index (χ3v) is 3.35. The van der Waals surface area contributed by atoms with Crippen LogP contribution in [0.1, 0.15) is 19.3 Å². The van der Waals surface area contributed by atoms with Crippen molar-refractivity contribution in [1.82, 2.24) is 0 Å². The fourth-order valence-corrected chi connectivity index (χ4v) is 2.05. The molecule has 0 saturated heterocycles. The molecule has 1 fully saturated rings. The van der Waals surface area contributed by atoms with Gasteiger partial charge in [0.1, 0.15) is 12.4 Å². The molecule has 0 heterocycles. The van der Waals surface area contributed by atoms with Crippen LogP contribution in [-0.2, 0) is 0 Å². The first-order valence-corrected chi connectivity index (χ1v) is 5.83. The molecule has 0 aromatic heterocycles. The molecule has 1 aromatic rings. The number of hydrogen-bond donors (Lipinski definition) is 0. The second-order valence-electron chi connectivity index (χ2n) is 3.99. The summed E-state index contributed by atoms with van der Waals surface area (Å²) in [6, 6.07) is 10.1. The van der Waals surface area contributed by atoms with Crippen molar-refractivity contribution in [2.45, 2.75) is 19.3 Å². The fourth-order valence-electron chi connectivity index (χ4n) is 1.67. The predicted molar refractivity (Wildman–Crippen MR) is 61.5 cm³/mol. The zero-order chi connectivity index (χ0) is 10.7. The maximum atomic E-state index is 9.03. The van der Waals surface area contributed by atoms with E-state index in [0.29, 0.717) is 6.61 Å². The van der Waals surface area contributed by atoms with Crippen molar-refractivity contribution in [3.8, 4) is 11.8 Å². The zero-order valence-corrected chi connectivity index (χ0v) is 9.96. The van der Waals surface area contributed by atoms with Gasteiger partial charge in [-0.25, -0.2) is 0 Å². The molecule has 0 N–H and O–H groups in total. The summed E-state index contributed by atoms with van der Waals surface area (Å²) in [5.41, 5.74) is -0.220. The van der Waals surface area contributed by atoms with Crippen LogP contribution in [0.2, 0.25) is 0 Å². The van der Waals surface area contributed by atoms with E-state index in [1.165, 1.54) is 0 Å². The third kappa shape index (κ3) is 2.32. The quantitative estimate of drug-likeness (QED) is 0.838. The topological polar surface area (TPSA) is 33.0 Å². The van der Waals surface area contributed by atoms with Gasteiger partial charge in [0.25, 0.3) is 0 Å². The number of nitriles is 1. The molecule has 0 radical (unpaired) electrons. The Kier molecular flexibility index (Phi) is 2.97. The third-order valence-electron chi connectivity index (χ3n) is 2.86. The maximum absolute atomic E-state index is 9.03. The van der Waals surface area contributed by atoms with E-state index in [1.54, 1.807) is 0 Å². The largest absolute Gasteiger partial charge is 0.492 e. The molecule has 0 spiro atoms. The number of rotatable bonds is 3. The Bertz CT molecular complexity index is 393. The lowest BCUT2D eigenvalue weighted by atomic mass is 9.71. The molecule has 1 aliphatic rings. The SMILES string of the molecule is N#CC1(COc2cccc(Br)c2)CCC1. The van der Waals surface area contributed by atoms with Gasteiger partial charge in [-0.3, -0.25) is 0 Å². The molecule has 3 heteroatoms. The van der Waals surface area contributed by atoms with Gasteiger partial charge in [0.05, 0.1) is 11.5 Å². The van der Waals surface area contributed by atoms with Gasteiger partial charge in [-0.2, -0.15) is 5.26 Å². The van der Waals surface area contributed by atoms with E-state index in [0.717, 1.165) is 29.5 Å². The van der Waals surface area contributed by atoms with Crippen LogP contribution in [0.3, 0.4) is 0 Å². The Hall–Kier alpha value is -1.01. The van der Waals surface area contributed by atoms with Crippen molar-refractivity contribution in [3.63, 3.8) is 0 Å². The van der Waals surface area contributed by atoms with E-state index in [4.69, 9.17) is 10.00 Å². The van der Waals surface area contributed by atoms with Crippen LogP contribution in [0, 0.1) is 16.7 Å². The highest BCUT2D eigenvalue weighted by molar-refractivity contribution is 9.10. The van der Waals surface area contributed by atoms with Gasteiger partial charge < -0.3 is 4.74 Å².